The number of nitrogens with zero attached hydrogens (tertiary/aromatic N) is 2. The number of nitro groups is 1. The van der Waals surface area contributed by atoms with E-state index in [1.165, 1.54) is 0 Å². The zero-order valence-electron chi connectivity index (χ0n) is 9.85. The summed E-state index contributed by atoms with van der Waals surface area (Å²) in [5, 5.41) is 13.5. The third-order valence-corrected chi connectivity index (χ3v) is 2.97. The maximum absolute atomic E-state index is 11.6. The van der Waals surface area contributed by atoms with Crippen LogP contribution in [-0.4, -0.2) is 26.0 Å². The Labute approximate surface area is 108 Å². The smallest absolute Gasteiger partial charge is 0.358 e. The highest BCUT2D eigenvalue weighted by molar-refractivity contribution is 7.86. The Hall–Kier alpha value is -2.36. The van der Waals surface area contributed by atoms with E-state index in [2.05, 4.69) is 14.2 Å². The molecule has 9 nitrogen and oxygen atoms in total. The first-order valence-corrected chi connectivity index (χ1v) is 6.42. The molecule has 0 aliphatic carbocycles. The van der Waals surface area contributed by atoms with Crippen LogP contribution < -0.4 is 5.73 Å². The number of oxime groups is 1. The number of amidine groups is 1. The van der Waals surface area contributed by atoms with Gasteiger partial charge in [-0.15, -0.1) is 0 Å². The van der Waals surface area contributed by atoms with E-state index in [1.807, 2.05) is 0 Å². The van der Waals surface area contributed by atoms with Crippen molar-refractivity contribution in [3.8, 4) is 0 Å². The molecule has 0 saturated heterocycles. The molecule has 0 amide bonds. The zero-order valence-corrected chi connectivity index (χ0v) is 10.7. The van der Waals surface area contributed by atoms with Gasteiger partial charge in [-0.3, -0.25) is 14.4 Å². The number of nitrogens with two attached hydrogens (primary N) is 1. The van der Waals surface area contributed by atoms with Gasteiger partial charge in [0.15, 0.2) is 0 Å². The van der Waals surface area contributed by atoms with Gasteiger partial charge in [-0.05, 0) is 24.2 Å². The van der Waals surface area contributed by atoms with Crippen LogP contribution in [0.1, 0.15) is 6.92 Å². The summed E-state index contributed by atoms with van der Waals surface area (Å²) in [6, 6.07) is 3.69. The van der Waals surface area contributed by atoms with Crippen LogP contribution in [0.3, 0.4) is 0 Å². The van der Waals surface area contributed by atoms with Crippen molar-refractivity contribution in [3.63, 3.8) is 0 Å². The van der Waals surface area contributed by atoms with Crippen LogP contribution in [0.5, 0.6) is 0 Å². The van der Waals surface area contributed by atoms with E-state index >= 15 is 0 Å². The number of hydrogen-bond donors (Lipinski definition) is 1. The number of hydrogen-bond acceptors (Lipinski definition) is 7. The molecule has 0 aliphatic heterocycles. The lowest BCUT2D eigenvalue weighted by molar-refractivity contribution is -0.384. The van der Waals surface area contributed by atoms with E-state index < -0.39 is 21.1 Å². The molecule has 19 heavy (non-hydrogen) atoms. The van der Waals surface area contributed by atoms with Crippen molar-refractivity contribution < 1.29 is 22.4 Å². The van der Waals surface area contributed by atoms with Crippen LogP contribution in [0.2, 0.25) is 0 Å². The summed E-state index contributed by atoms with van der Waals surface area (Å²) in [7, 11) is -4.19. The first-order chi connectivity index (χ1) is 8.86. The largest absolute Gasteiger partial charge is 0.464 e. The molecule has 104 valence electrons. The van der Waals surface area contributed by atoms with Crippen molar-refractivity contribution in [1.82, 2.24) is 0 Å². The molecule has 1 rings (SSSR count). The van der Waals surface area contributed by atoms with Gasteiger partial charge in [0.2, 0.25) is 0 Å². The average Bonchev–Trinajstić information content (AvgIpc) is 2.37. The lowest BCUT2D eigenvalue weighted by Gasteiger charge is -2.03. The van der Waals surface area contributed by atoms with Gasteiger partial charge < -0.3 is 10.5 Å². The first kappa shape index (κ1) is 14.7. The third kappa shape index (κ3) is 4.10. The number of ether oxygens (including phenoxy) is 1. The molecule has 0 fully saturated rings. The second-order valence-corrected chi connectivity index (χ2v) is 4.67. The Bertz CT molecular complexity index is 580. The molecule has 0 bridgehead atoms. The summed E-state index contributed by atoms with van der Waals surface area (Å²) in [5.74, 6) is 0. The fourth-order valence-electron chi connectivity index (χ4n) is 1.04. The molecule has 0 saturated carbocycles. The molecule has 0 spiro atoms. The standard InChI is InChI=1S/C9H11N3O6S/c1-2-17-9(10)11-18-19(15,16)8-5-3-7(4-6-8)12(13)14/h3-6H,2H2,1H3,(H2,10,11). The molecule has 1 aromatic rings. The molecular weight excluding hydrogens is 278 g/mol. The van der Waals surface area contributed by atoms with Gasteiger partial charge in [-0.2, -0.15) is 8.42 Å². The van der Waals surface area contributed by atoms with Crippen LogP contribution in [0, 0.1) is 10.1 Å². The summed E-state index contributed by atoms with van der Waals surface area (Å²) in [5.41, 5.74) is 4.94. The maximum atomic E-state index is 11.6. The van der Waals surface area contributed by atoms with Crippen molar-refractivity contribution in [2.75, 3.05) is 6.61 Å². The Morgan fingerprint density at radius 3 is 2.47 bits per heavy atom. The molecule has 10 heteroatoms. The van der Waals surface area contributed by atoms with Gasteiger partial charge in [0.1, 0.15) is 4.90 Å². The van der Waals surface area contributed by atoms with Crippen LogP contribution in [-0.2, 0) is 19.1 Å². The fourth-order valence-corrected chi connectivity index (χ4v) is 1.76. The van der Waals surface area contributed by atoms with E-state index in [0.717, 1.165) is 24.3 Å². The SMILES string of the molecule is CCOC(N)=NOS(=O)(=O)c1ccc([N+](=O)[O-])cc1. The van der Waals surface area contributed by atoms with Crippen LogP contribution >= 0.6 is 0 Å². The molecule has 0 heterocycles. The van der Waals surface area contributed by atoms with Crippen molar-refractivity contribution in [2.45, 2.75) is 11.8 Å². The molecule has 1 aromatic carbocycles. The Morgan fingerprint density at radius 2 is 2.00 bits per heavy atom. The molecular formula is C9H11N3O6S. The van der Waals surface area contributed by atoms with Gasteiger partial charge >= 0.3 is 16.1 Å². The van der Waals surface area contributed by atoms with Gasteiger partial charge in [0.05, 0.1) is 11.5 Å². The maximum Gasteiger partial charge on any atom is 0.358 e. The number of benzene rings is 1. The number of non-ortho nitro benzene ring substituents is 1. The summed E-state index contributed by atoms with van der Waals surface area (Å²) in [6.45, 7) is 1.84. The topological polar surface area (TPSA) is 134 Å². The van der Waals surface area contributed by atoms with Gasteiger partial charge in [0.25, 0.3) is 5.69 Å². The quantitative estimate of drug-likeness (QED) is 0.362. The fraction of sp³-hybridized carbons (Fsp3) is 0.222. The summed E-state index contributed by atoms with van der Waals surface area (Å²) in [6.07, 6.45) is 0. The average molecular weight is 289 g/mol. The van der Waals surface area contributed by atoms with E-state index in [0.29, 0.717) is 0 Å². The van der Waals surface area contributed by atoms with Gasteiger partial charge in [-0.1, -0.05) is 0 Å². The molecule has 2 N–H and O–H groups in total. The predicted octanol–water partition coefficient (Wildman–Crippen LogP) is 0.566. The summed E-state index contributed by atoms with van der Waals surface area (Å²) >= 11 is 0. The first-order valence-electron chi connectivity index (χ1n) is 5.01. The highest BCUT2D eigenvalue weighted by atomic mass is 32.2. The van der Waals surface area contributed by atoms with Crippen LogP contribution in [0.4, 0.5) is 5.69 Å². The lowest BCUT2D eigenvalue weighted by atomic mass is 10.3. The van der Waals surface area contributed by atoms with E-state index in [4.69, 9.17) is 5.73 Å². The monoisotopic (exact) mass is 289 g/mol. The predicted molar refractivity (Wildman–Crippen MR) is 64.6 cm³/mol. The summed E-state index contributed by atoms with van der Waals surface area (Å²) in [4.78, 5) is 9.48. The zero-order chi connectivity index (χ0) is 14.5. The van der Waals surface area contributed by atoms with Gasteiger partial charge in [0, 0.05) is 12.1 Å². The molecule has 0 aromatic heterocycles. The molecule has 0 unspecified atom stereocenters. The van der Waals surface area contributed by atoms with Crippen LogP contribution in [0.15, 0.2) is 34.3 Å². The third-order valence-electron chi connectivity index (χ3n) is 1.85. The number of rotatable bonds is 5. The lowest BCUT2D eigenvalue weighted by Crippen LogP contribution is -2.17. The Kier molecular flexibility index (Phi) is 4.64. The van der Waals surface area contributed by atoms with Crippen LogP contribution in [0.25, 0.3) is 0 Å². The molecule has 0 radical (unpaired) electrons. The minimum atomic E-state index is -4.19. The highest BCUT2D eigenvalue weighted by Gasteiger charge is 2.17. The number of nitro benzene ring substituents is 1. The Morgan fingerprint density at radius 1 is 1.42 bits per heavy atom. The minimum Gasteiger partial charge on any atom is -0.464 e. The van der Waals surface area contributed by atoms with Gasteiger partial charge in [-0.25, -0.2) is 0 Å². The normalized spacial score (nSPS) is 11.9. The second kappa shape index (κ2) is 6.00. The van der Waals surface area contributed by atoms with E-state index in [-0.39, 0.29) is 17.2 Å². The van der Waals surface area contributed by atoms with Crippen molar-refractivity contribution >= 4 is 21.8 Å². The van der Waals surface area contributed by atoms with E-state index in [1.54, 1.807) is 6.92 Å². The van der Waals surface area contributed by atoms with Crippen molar-refractivity contribution in [2.24, 2.45) is 10.9 Å². The highest BCUT2D eigenvalue weighted by Crippen LogP contribution is 2.17. The van der Waals surface area contributed by atoms with Crippen molar-refractivity contribution in [3.05, 3.63) is 34.4 Å². The second-order valence-electron chi connectivity index (χ2n) is 3.14. The van der Waals surface area contributed by atoms with E-state index in [9.17, 15) is 18.5 Å². The molecule has 0 atom stereocenters. The minimum absolute atomic E-state index is 0.205. The Balaban J connectivity index is 2.89. The summed E-state index contributed by atoms with van der Waals surface area (Å²) < 4.78 is 32.2. The van der Waals surface area contributed by atoms with Crippen molar-refractivity contribution in [1.29, 1.82) is 0 Å². The molecule has 0 aliphatic rings.